The zero-order chi connectivity index (χ0) is 27.1. The molecule has 0 atom stereocenters. The molecule has 1 N–H and O–H groups in total. The number of carbonyl (C=O) groups is 3. The third-order valence-corrected chi connectivity index (χ3v) is 6.85. The Kier molecular flexibility index (Phi) is 9.09. The standard InChI is InChI=1S/C28H25BrN2O6S/c1-3-36-22-11-9-21(10-12-22)30-26(32)16-31-27(33)25(38-28(31)34)15-19-6-13-23(24(14-19)35-2)37-17-18-4-7-20(29)8-5-18/h4-15H,3,16-17H2,1-2H3,(H,30,32)/b25-15+. The van der Waals surface area contributed by atoms with Crippen molar-refractivity contribution < 1.29 is 28.6 Å². The Hall–Kier alpha value is -3.76. The topological polar surface area (TPSA) is 94.2 Å². The number of methoxy groups -OCH3 is 1. The van der Waals surface area contributed by atoms with Crippen molar-refractivity contribution in [3.05, 3.63) is 87.2 Å². The van der Waals surface area contributed by atoms with Crippen molar-refractivity contribution in [2.24, 2.45) is 0 Å². The lowest BCUT2D eigenvalue weighted by atomic mass is 10.1. The second kappa shape index (κ2) is 12.7. The van der Waals surface area contributed by atoms with Crippen LogP contribution >= 0.6 is 27.7 Å². The summed E-state index contributed by atoms with van der Waals surface area (Å²) in [6.45, 7) is 2.39. The molecule has 1 aliphatic heterocycles. The highest BCUT2D eigenvalue weighted by atomic mass is 79.9. The van der Waals surface area contributed by atoms with E-state index < -0.39 is 17.1 Å². The van der Waals surface area contributed by atoms with Gasteiger partial charge >= 0.3 is 0 Å². The van der Waals surface area contributed by atoms with E-state index in [0.717, 1.165) is 26.7 Å². The number of nitrogens with zero attached hydrogens (tertiary/aromatic N) is 1. The molecule has 3 aromatic carbocycles. The molecule has 0 spiro atoms. The number of hydrogen-bond acceptors (Lipinski definition) is 7. The van der Waals surface area contributed by atoms with Crippen molar-refractivity contribution in [2.75, 3.05) is 25.6 Å². The molecule has 10 heteroatoms. The first-order valence-corrected chi connectivity index (χ1v) is 13.3. The lowest BCUT2D eigenvalue weighted by molar-refractivity contribution is -0.127. The van der Waals surface area contributed by atoms with Crippen LogP contribution in [0.15, 0.2) is 76.1 Å². The first-order valence-electron chi connectivity index (χ1n) is 11.7. The minimum atomic E-state index is -0.531. The first-order chi connectivity index (χ1) is 18.4. The Morgan fingerprint density at radius 2 is 1.74 bits per heavy atom. The van der Waals surface area contributed by atoms with E-state index in [9.17, 15) is 14.4 Å². The Bertz CT molecular complexity index is 1360. The lowest BCUT2D eigenvalue weighted by Crippen LogP contribution is -2.36. The number of imide groups is 1. The molecule has 8 nitrogen and oxygen atoms in total. The van der Waals surface area contributed by atoms with Gasteiger partial charge < -0.3 is 19.5 Å². The molecule has 0 saturated carbocycles. The molecule has 0 radical (unpaired) electrons. The average molecular weight is 597 g/mol. The van der Waals surface area contributed by atoms with Gasteiger partial charge in [-0.2, -0.15) is 0 Å². The number of hydrogen-bond donors (Lipinski definition) is 1. The van der Waals surface area contributed by atoms with Gasteiger partial charge in [0.05, 0.1) is 18.6 Å². The van der Waals surface area contributed by atoms with Gasteiger partial charge in [0.25, 0.3) is 11.1 Å². The molecule has 3 amide bonds. The van der Waals surface area contributed by atoms with Gasteiger partial charge in [0.2, 0.25) is 5.91 Å². The second-order valence-corrected chi connectivity index (χ2v) is 10.0. The molecule has 1 saturated heterocycles. The van der Waals surface area contributed by atoms with Gasteiger partial charge in [0.15, 0.2) is 11.5 Å². The van der Waals surface area contributed by atoms with Crippen molar-refractivity contribution in [1.29, 1.82) is 0 Å². The maximum Gasteiger partial charge on any atom is 0.294 e. The summed E-state index contributed by atoms with van der Waals surface area (Å²) < 4.78 is 17.7. The number of amides is 3. The predicted molar refractivity (Wildman–Crippen MR) is 150 cm³/mol. The third kappa shape index (κ3) is 6.96. The smallest absolute Gasteiger partial charge is 0.294 e. The molecule has 0 aliphatic carbocycles. The maximum atomic E-state index is 12.9. The predicted octanol–water partition coefficient (Wildman–Crippen LogP) is 6.11. The van der Waals surface area contributed by atoms with E-state index in [4.69, 9.17) is 14.2 Å². The first kappa shape index (κ1) is 27.3. The molecular formula is C28H25BrN2O6S. The fourth-order valence-electron chi connectivity index (χ4n) is 3.57. The van der Waals surface area contributed by atoms with Crippen molar-refractivity contribution in [2.45, 2.75) is 13.5 Å². The van der Waals surface area contributed by atoms with Crippen molar-refractivity contribution in [3.63, 3.8) is 0 Å². The van der Waals surface area contributed by atoms with Gasteiger partial charge in [-0.25, -0.2) is 0 Å². The van der Waals surface area contributed by atoms with Crippen LogP contribution in [0.5, 0.6) is 17.2 Å². The third-order valence-electron chi connectivity index (χ3n) is 5.42. The SMILES string of the molecule is CCOc1ccc(NC(=O)CN2C(=O)S/C(=C/c3ccc(OCc4ccc(Br)cc4)c(OC)c3)C2=O)cc1. The van der Waals surface area contributed by atoms with Gasteiger partial charge in [-0.05, 0) is 84.4 Å². The normalized spacial score (nSPS) is 14.1. The molecule has 0 unspecified atom stereocenters. The van der Waals surface area contributed by atoms with Crippen LogP contribution in [0.2, 0.25) is 0 Å². The summed E-state index contributed by atoms with van der Waals surface area (Å²) in [5, 5.41) is 2.18. The number of thioether (sulfide) groups is 1. The number of nitrogens with one attached hydrogen (secondary N) is 1. The van der Waals surface area contributed by atoms with Crippen LogP contribution in [0, 0.1) is 0 Å². The Balaban J connectivity index is 1.39. The van der Waals surface area contributed by atoms with Crippen LogP contribution in [-0.4, -0.2) is 42.2 Å². The molecule has 196 valence electrons. The molecule has 1 heterocycles. The van der Waals surface area contributed by atoms with Crippen LogP contribution in [0.25, 0.3) is 6.08 Å². The summed E-state index contributed by atoms with van der Waals surface area (Å²) in [6.07, 6.45) is 1.59. The lowest BCUT2D eigenvalue weighted by Gasteiger charge is -2.13. The Labute approximate surface area is 233 Å². The molecule has 1 aliphatic rings. The summed E-state index contributed by atoms with van der Waals surface area (Å²) in [7, 11) is 1.53. The fourth-order valence-corrected chi connectivity index (χ4v) is 4.67. The van der Waals surface area contributed by atoms with Gasteiger partial charge in [-0.1, -0.05) is 34.1 Å². The van der Waals surface area contributed by atoms with E-state index in [1.807, 2.05) is 31.2 Å². The van der Waals surface area contributed by atoms with E-state index in [0.29, 0.717) is 41.7 Å². The van der Waals surface area contributed by atoms with E-state index in [2.05, 4.69) is 21.2 Å². The second-order valence-electron chi connectivity index (χ2n) is 8.10. The van der Waals surface area contributed by atoms with Crippen LogP contribution in [0.3, 0.4) is 0 Å². The molecule has 1 fully saturated rings. The van der Waals surface area contributed by atoms with Crippen molar-refractivity contribution in [3.8, 4) is 17.2 Å². The highest BCUT2D eigenvalue weighted by molar-refractivity contribution is 9.10. The summed E-state index contributed by atoms with van der Waals surface area (Å²) in [5.41, 5.74) is 2.19. The molecule has 3 aromatic rings. The Morgan fingerprint density at radius 1 is 1.00 bits per heavy atom. The highest BCUT2D eigenvalue weighted by Gasteiger charge is 2.36. The van der Waals surface area contributed by atoms with Gasteiger partial charge in [-0.15, -0.1) is 0 Å². The van der Waals surface area contributed by atoms with Gasteiger partial charge in [-0.3, -0.25) is 19.3 Å². The number of carbonyl (C=O) groups excluding carboxylic acids is 3. The quantitative estimate of drug-likeness (QED) is 0.282. The van der Waals surface area contributed by atoms with Crippen LogP contribution < -0.4 is 19.5 Å². The maximum absolute atomic E-state index is 12.9. The van der Waals surface area contributed by atoms with Crippen LogP contribution in [0.1, 0.15) is 18.1 Å². The van der Waals surface area contributed by atoms with E-state index in [1.54, 1.807) is 48.5 Å². The van der Waals surface area contributed by atoms with Crippen molar-refractivity contribution >= 4 is 56.5 Å². The number of benzene rings is 3. The minimum absolute atomic E-state index is 0.217. The fraction of sp³-hybridized carbons (Fsp3) is 0.179. The number of ether oxygens (including phenoxy) is 3. The van der Waals surface area contributed by atoms with E-state index >= 15 is 0 Å². The Morgan fingerprint density at radius 3 is 2.42 bits per heavy atom. The summed E-state index contributed by atoms with van der Waals surface area (Å²) in [4.78, 5) is 39.0. The molecule has 0 bridgehead atoms. The summed E-state index contributed by atoms with van der Waals surface area (Å²) in [6, 6.07) is 19.9. The highest BCUT2D eigenvalue weighted by Crippen LogP contribution is 2.35. The summed E-state index contributed by atoms with van der Waals surface area (Å²) >= 11 is 4.20. The minimum Gasteiger partial charge on any atom is -0.494 e. The van der Waals surface area contributed by atoms with Gasteiger partial charge in [0, 0.05) is 10.2 Å². The molecule has 0 aromatic heterocycles. The summed E-state index contributed by atoms with van der Waals surface area (Å²) in [5.74, 6) is 0.710. The number of anilines is 1. The average Bonchev–Trinajstić information content (AvgIpc) is 3.17. The molecular weight excluding hydrogens is 572 g/mol. The zero-order valence-corrected chi connectivity index (χ0v) is 23.1. The molecule has 38 heavy (non-hydrogen) atoms. The van der Waals surface area contributed by atoms with E-state index in [1.165, 1.54) is 7.11 Å². The number of halogens is 1. The number of rotatable bonds is 10. The van der Waals surface area contributed by atoms with Crippen molar-refractivity contribution in [1.82, 2.24) is 4.90 Å². The molecule has 4 rings (SSSR count). The van der Waals surface area contributed by atoms with Crippen LogP contribution in [-0.2, 0) is 16.2 Å². The monoisotopic (exact) mass is 596 g/mol. The van der Waals surface area contributed by atoms with Gasteiger partial charge in [0.1, 0.15) is 18.9 Å². The van der Waals surface area contributed by atoms with Crippen LogP contribution in [0.4, 0.5) is 10.5 Å². The largest absolute Gasteiger partial charge is 0.494 e. The van der Waals surface area contributed by atoms with E-state index in [-0.39, 0.29) is 11.4 Å². The zero-order valence-electron chi connectivity index (χ0n) is 20.7.